The molecule has 0 amide bonds. The van der Waals surface area contributed by atoms with E-state index in [9.17, 15) is 4.39 Å². The number of halogens is 1. The highest BCUT2D eigenvalue weighted by atomic mass is 19.1. The first kappa shape index (κ1) is 14.4. The number of nitrogens with one attached hydrogen (secondary N) is 2. The largest absolute Gasteiger partial charge is 0.316 e. The molecule has 0 spiro atoms. The van der Waals surface area contributed by atoms with Crippen molar-refractivity contribution in [1.29, 1.82) is 0 Å². The normalized spacial score (nSPS) is 10.9. The number of pyridine rings is 1. The van der Waals surface area contributed by atoms with Crippen LogP contribution in [0.3, 0.4) is 0 Å². The number of aromatic amines is 1. The van der Waals surface area contributed by atoms with Crippen LogP contribution in [0.4, 0.5) is 4.39 Å². The first-order valence-electron chi connectivity index (χ1n) is 7.09. The zero-order valence-corrected chi connectivity index (χ0v) is 12.5. The molecule has 0 atom stereocenters. The quantitative estimate of drug-likeness (QED) is 0.776. The Bertz CT molecular complexity index is 757. The van der Waals surface area contributed by atoms with Crippen LogP contribution in [0.5, 0.6) is 0 Å². The van der Waals surface area contributed by atoms with E-state index in [2.05, 4.69) is 20.5 Å². The van der Waals surface area contributed by atoms with Crippen molar-refractivity contribution in [3.05, 3.63) is 59.7 Å². The molecule has 0 saturated carbocycles. The molecule has 0 bridgehead atoms. The van der Waals surface area contributed by atoms with Gasteiger partial charge in [-0.1, -0.05) is 6.07 Å². The smallest absolute Gasteiger partial charge is 0.133 e. The Hall–Kier alpha value is -2.53. The molecule has 1 aromatic carbocycles. The molecule has 0 fully saturated rings. The lowest BCUT2D eigenvalue weighted by molar-refractivity contribution is 0.625. The van der Waals surface area contributed by atoms with Gasteiger partial charge in [0.25, 0.3) is 0 Å². The molecule has 0 aliphatic heterocycles. The van der Waals surface area contributed by atoms with Gasteiger partial charge in [0.2, 0.25) is 0 Å². The van der Waals surface area contributed by atoms with Crippen molar-refractivity contribution in [2.75, 3.05) is 7.05 Å². The van der Waals surface area contributed by atoms with E-state index in [1.54, 1.807) is 18.5 Å². The number of hydrogen-bond acceptors (Lipinski definition) is 3. The summed E-state index contributed by atoms with van der Waals surface area (Å²) in [5.74, 6) is -0.244. The molecule has 0 saturated heterocycles. The molecule has 3 rings (SSSR count). The standard InChI is InChI=1S/C17H17FN4/c1-11-6-12(9-19-2)7-14(18)17(11)16-8-15(21-22-16)13-4-3-5-20-10-13/h3-8,10,19H,9H2,1-2H3,(H,21,22). The van der Waals surface area contributed by atoms with Gasteiger partial charge in [0.05, 0.1) is 11.4 Å². The van der Waals surface area contributed by atoms with Crippen LogP contribution in [0, 0.1) is 12.7 Å². The van der Waals surface area contributed by atoms with Gasteiger partial charge < -0.3 is 5.32 Å². The van der Waals surface area contributed by atoms with Gasteiger partial charge in [-0.15, -0.1) is 0 Å². The van der Waals surface area contributed by atoms with Gasteiger partial charge in [-0.2, -0.15) is 5.10 Å². The van der Waals surface area contributed by atoms with Crippen LogP contribution in [0.1, 0.15) is 11.1 Å². The van der Waals surface area contributed by atoms with Crippen LogP contribution in [0.15, 0.2) is 42.7 Å². The Balaban J connectivity index is 2.00. The van der Waals surface area contributed by atoms with Crippen LogP contribution < -0.4 is 5.32 Å². The summed E-state index contributed by atoms with van der Waals surface area (Å²) in [4.78, 5) is 4.08. The predicted molar refractivity (Wildman–Crippen MR) is 84.7 cm³/mol. The van der Waals surface area contributed by atoms with E-state index in [1.165, 1.54) is 0 Å². The Morgan fingerprint density at radius 1 is 1.27 bits per heavy atom. The van der Waals surface area contributed by atoms with Gasteiger partial charge in [0.15, 0.2) is 0 Å². The fourth-order valence-electron chi connectivity index (χ4n) is 2.57. The Kier molecular flexibility index (Phi) is 3.98. The number of aromatic nitrogens is 3. The third kappa shape index (κ3) is 2.76. The first-order valence-corrected chi connectivity index (χ1v) is 7.09. The van der Waals surface area contributed by atoms with Crippen molar-refractivity contribution in [3.63, 3.8) is 0 Å². The van der Waals surface area contributed by atoms with E-state index in [0.717, 1.165) is 22.4 Å². The van der Waals surface area contributed by atoms with Crippen molar-refractivity contribution < 1.29 is 4.39 Å². The van der Waals surface area contributed by atoms with Crippen LogP contribution in [0.2, 0.25) is 0 Å². The Morgan fingerprint density at radius 2 is 2.14 bits per heavy atom. The zero-order valence-electron chi connectivity index (χ0n) is 12.5. The fraction of sp³-hybridized carbons (Fsp3) is 0.176. The minimum Gasteiger partial charge on any atom is -0.316 e. The average Bonchev–Trinajstić information content (AvgIpc) is 2.97. The summed E-state index contributed by atoms with van der Waals surface area (Å²) in [6.45, 7) is 2.55. The van der Waals surface area contributed by atoms with Gasteiger partial charge in [0, 0.05) is 30.1 Å². The van der Waals surface area contributed by atoms with Gasteiger partial charge in [-0.05, 0) is 49.4 Å². The van der Waals surface area contributed by atoms with E-state index in [-0.39, 0.29) is 5.82 Å². The number of rotatable bonds is 4. The Morgan fingerprint density at radius 3 is 2.82 bits per heavy atom. The number of hydrogen-bond donors (Lipinski definition) is 2. The maximum absolute atomic E-state index is 14.4. The van der Waals surface area contributed by atoms with Gasteiger partial charge in [-0.3, -0.25) is 10.1 Å². The first-order chi connectivity index (χ1) is 10.7. The zero-order chi connectivity index (χ0) is 15.5. The maximum atomic E-state index is 14.4. The molecule has 2 aromatic heterocycles. The molecule has 2 N–H and O–H groups in total. The molecule has 2 heterocycles. The van der Waals surface area contributed by atoms with Crippen LogP contribution >= 0.6 is 0 Å². The van der Waals surface area contributed by atoms with Crippen molar-refractivity contribution in [1.82, 2.24) is 20.5 Å². The van der Waals surface area contributed by atoms with Crippen molar-refractivity contribution in [2.24, 2.45) is 0 Å². The molecular formula is C17H17FN4. The molecule has 0 aliphatic carbocycles. The predicted octanol–water partition coefficient (Wildman–Crippen LogP) is 3.31. The van der Waals surface area contributed by atoms with Crippen molar-refractivity contribution in [2.45, 2.75) is 13.5 Å². The summed E-state index contributed by atoms with van der Waals surface area (Å²) in [5, 5.41) is 10.2. The fourth-order valence-corrected chi connectivity index (χ4v) is 2.57. The minimum atomic E-state index is -0.244. The van der Waals surface area contributed by atoms with E-state index >= 15 is 0 Å². The molecule has 22 heavy (non-hydrogen) atoms. The van der Waals surface area contributed by atoms with Crippen LogP contribution in [-0.4, -0.2) is 22.2 Å². The SMILES string of the molecule is CNCc1cc(C)c(-c2cc(-c3cccnc3)n[nH]2)c(F)c1. The van der Waals surface area contributed by atoms with Gasteiger partial charge in [0.1, 0.15) is 5.82 Å². The number of benzene rings is 1. The highest BCUT2D eigenvalue weighted by Crippen LogP contribution is 2.29. The van der Waals surface area contributed by atoms with Crippen LogP contribution in [0.25, 0.3) is 22.5 Å². The minimum absolute atomic E-state index is 0.244. The van der Waals surface area contributed by atoms with Gasteiger partial charge in [-0.25, -0.2) is 4.39 Å². The lowest BCUT2D eigenvalue weighted by Gasteiger charge is -2.08. The molecule has 3 aromatic rings. The van der Waals surface area contributed by atoms with E-state index in [0.29, 0.717) is 17.8 Å². The topological polar surface area (TPSA) is 53.6 Å². The second kappa shape index (κ2) is 6.07. The second-order valence-corrected chi connectivity index (χ2v) is 5.21. The summed E-state index contributed by atoms with van der Waals surface area (Å²) < 4.78 is 14.4. The molecule has 0 aliphatic rings. The van der Waals surface area contributed by atoms with E-state index in [4.69, 9.17) is 0 Å². The number of aryl methyl sites for hydroxylation is 1. The summed E-state index contributed by atoms with van der Waals surface area (Å²) in [7, 11) is 1.84. The highest BCUT2D eigenvalue weighted by molar-refractivity contribution is 5.70. The van der Waals surface area contributed by atoms with Crippen LogP contribution in [-0.2, 0) is 6.54 Å². The summed E-state index contributed by atoms with van der Waals surface area (Å²) in [6.07, 6.45) is 3.44. The monoisotopic (exact) mass is 296 g/mol. The Labute approximate surface area is 128 Å². The van der Waals surface area contributed by atoms with Crippen molar-refractivity contribution in [3.8, 4) is 22.5 Å². The molecule has 5 heteroatoms. The summed E-state index contributed by atoms with van der Waals surface area (Å²) in [5.41, 5.74) is 4.68. The van der Waals surface area contributed by atoms with E-state index in [1.807, 2.05) is 38.2 Å². The lowest BCUT2D eigenvalue weighted by atomic mass is 10.0. The number of H-pyrrole nitrogens is 1. The highest BCUT2D eigenvalue weighted by Gasteiger charge is 2.13. The summed E-state index contributed by atoms with van der Waals surface area (Å²) in [6, 6.07) is 9.16. The summed E-state index contributed by atoms with van der Waals surface area (Å²) >= 11 is 0. The number of nitrogens with zero attached hydrogens (tertiary/aromatic N) is 2. The lowest BCUT2D eigenvalue weighted by Crippen LogP contribution is -2.06. The van der Waals surface area contributed by atoms with Crippen molar-refractivity contribution >= 4 is 0 Å². The second-order valence-electron chi connectivity index (χ2n) is 5.21. The third-order valence-electron chi connectivity index (χ3n) is 3.53. The molecular weight excluding hydrogens is 279 g/mol. The third-order valence-corrected chi connectivity index (χ3v) is 3.53. The molecule has 0 radical (unpaired) electrons. The molecule has 4 nitrogen and oxygen atoms in total. The molecule has 0 unspecified atom stereocenters. The molecule has 112 valence electrons. The van der Waals surface area contributed by atoms with E-state index < -0.39 is 0 Å². The average molecular weight is 296 g/mol. The van der Waals surface area contributed by atoms with Gasteiger partial charge >= 0.3 is 0 Å². The maximum Gasteiger partial charge on any atom is 0.133 e.